The third kappa shape index (κ3) is 1.59. The Kier molecular flexibility index (Phi) is 2.39. The molecule has 12 heavy (non-hydrogen) atoms. The number of carboxylic acids is 1. The summed E-state index contributed by atoms with van der Waals surface area (Å²) < 4.78 is 13.7. The van der Waals surface area contributed by atoms with Crippen molar-refractivity contribution in [1.29, 1.82) is 0 Å². The highest BCUT2D eigenvalue weighted by molar-refractivity contribution is 7.16. The van der Waals surface area contributed by atoms with E-state index in [1.165, 1.54) is 12.1 Å². The maximum Gasteiger partial charge on any atom is 0.346 e. The van der Waals surface area contributed by atoms with Crippen molar-refractivity contribution in [3.63, 3.8) is 0 Å². The van der Waals surface area contributed by atoms with E-state index in [2.05, 4.69) is 0 Å². The van der Waals surface area contributed by atoms with Gasteiger partial charge in [-0.1, -0.05) is 11.6 Å². The highest BCUT2D eigenvalue weighted by atomic mass is 35.5. The van der Waals surface area contributed by atoms with Gasteiger partial charge in [0.25, 0.3) is 0 Å². The molecule has 1 aromatic heterocycles. The van der Waals surface area contributed by atoms with Crippen LogP contribution in [-0.4, -0.2) is 11.1 Å². The van der Waals surface area contributed by atoms with E-state index in [0.717, 1.165) is 18.3 Å². The first-order chi connectivity index (χ1) is 5.44. The molecule has 1 heterocycles. The second-order valence-corrected chi connectivity index (χ2v) is 4.13. The van der Waals surface area contributed by atoms with Crippen LogP contribution >= 0.6 is 22.9 Å². The monoisotopic (exact) mass is 208 g/mol. The lowest BCUT2D eigenvalue weighted by Crippen LogP contribution is -2.25. The second kappa shape index (κ2) is 3.03. The molecule has 1 atom stereocenters. The number of alkyl halides is 1. The summed E-state index contributed by atoms with van der Waals surface area (Å²) in [5.41, 5.74) is -2.34. The molecule has 0 fully saturated rings. The highest BCUT2D eigenvalue weighted by Crippen LogP contribution is 2.33. The van der Waals surface area contributed by atoms with Gasteiger partial charge in [-0.05, 0) is 19.1 Å². The number of carbonyl (C=O) groups is 1. The minimum Gasteiger partial charge on any atom is -0.479 e. The molecule has 1 rings (SSSR count). The summed E-state index contributed by atoms with van der Waals surface area (Å²) in [6, 6.07) is 2.85. The van der Waals surface area contributed by atoms with Crippen molar-refractivity contribution in [2.45, 2.75) is 12.6 Å². The smallest absolute Gasteiger partial charge is 0.346 e. The first-order valence-electron chi connectivity index (χ1n) is 3.12. The van der Waals surface area contributed by atoms with E-state index in [0.29, 0.717) is 4.34 Å². The van der Waals surface area contributed by atoms with E-state index < -0.39 is 11.6 Å². The lowest BCUT2D eigenvalue weighted by molar-refractivity contribution is -0.150. The van der Waals surface area contributed by atoms with Crippen LogP contribution < -0.4 is 0 Å². The van der Waals surface area contributed by atoms with Gasteiger partial charge in [-0.3, -0.25) is 0 Å². The Morgan fingerprint density at radius 2 is 2.33 bits per heavy atom. The van der Waals surface area contributed by atoms with Gasteiger partial charge in [-0.15, -0.1) is 11.3 Å². The predicted molar refractivity (Wildman–Crippen MR) is 45.4 cm³/mol. The predicted octanol–water partition coefficient (Wildman–Crippen LogP) is 2.67. The van der Waals surface area contributed by atoms with Gasteiger partial charge in [-0.2, -0.15) is 0 Å². The van der Waals surface area contributed by atoms with E-state index in [1.54, 1.807) is 0 Å². The Hall–Kier alpha value is -0.610. The summed E-state index contributed by atoms with van der Waals surface area (Å²) in [6.45, 7) is 0.998. The number of carboxylic acid groups (broad SMARTS) is 1. The fourth-order valence-corrected chi connectivity index (χ4v) is 1.75. The molecule has 5 heteroatoms. The zero-order valence-electron chi connectivity index (χ0n) is 6.17. The average molecular weight is 209 g/mol. The molecule has 0 aromatic carbocycles. The minimum absolute atomic E-state index is 0.111. The molecule has 1 unspecified atom stereocenters. The molecule has 0 aliphatic carbocycles. The Balaban J connectivity index is 3.05. The van der Waals surface area contributed by atoms with E-state index in [-0.39, 0.29) is 4.88 Å². The van der Waals surface area contributed by atoms with Crippen LogP contribution in [0.15, 0.2) is 12.1 Å². The Labute approximate surface area is 77.6 Å². The standard InChI is InChI=1S/C7H6ClFO2S/c1-7(9,6(10)11)4-2-3-5(8)12-4/h2-3H,1H3,(H,10,11). The topological polar surface area (TPSA) is 37.3 Å². The quantitative estimate of drug-likeness (QED) is 0.812. The molecular formula is C7H6ClFO2S. The summed E-state index contributed by atoms with van der Waals surface area (Å²) in [6.07, 6.45) is 0. The number of hydrogen-bond donors (Lipinski definition) is 1. The molecule has 1 N–H and O–H groups in total. The largest absolute Gasteiger partial charge is 0.479 e. The van der Waals surface area contributed by atoms with Crippen LogP contribution in [0.3, 0.4) is 0 Å². The Bertz CT molecular complexity index is 308. The summed E-state index contributed by atoms with van der Waals surface area (Å²) >= 11 is 6.46. The van der Waals surface area contributed by atoms with E-state index >= 15 is 0 Å². The van der Waals surface area contributed by atoms with E-state index in [1.807, 2.05) is 0 Å². The SMILES string of the molecule is CC(F)(C(=O)O)c1ccc(Cl)s1. The van der Waals surface area contributed by atoms with Crippen LogP contribution in [0.25, 0.3) is 0 Å². The van der Waals surface area contributed by atoms with Crippen LogP contribution in [-0.2, 0) is 10.5 Å². The molecular weight excluding hydrogens is 203 g/mol. The van der Waals surface area contributed by atoms with Crippen molar-refractivity contribution in [2.75, 3.05) is 0 Å². The molecule has 2 nitrogen and oxygen atoms in total. The molecule has 1 aromatic rings. The van der Waals surface area contributed by atoms with Crippen molar-refractivity contribution in [1.82, 2.24) is 0 Å². The van der Waals surface area contributed by atoms with Crippen molar-refractivity contribution in [3.05, 3.63) is 21.3 Å². The fourth-order valence-electron chi connectivity index (χ4n) is 0.672. The number of hydrogen-bond acceptors (Lipinski definition) is 2. The molecule has 0 spiro atoms. The zero-order chi connectivity index (χ0) is 9.35. The van der Waals surface area contributed by atoms with Crippen LogP contribution in [0.1, 0.15) is 11.8 Å². The molecule has 66 valence electrons. The summed E-state index contributed by atoms with van der Waals surface area (Å²) in [7, 11) is 0. The first kappa shape index (κ1) is 9.48. The average Bonchev–Trinajstić information content (AvgIpc) is 2.35. The molecule has 0 saturated heterocycles. The van der Waals surface area contributed by atoms with Crippen molar-refractivity contribution in [3.8, 4) is 0 Å². The van der Waals surface area contributed by atoms with Crippen molar-refractivity contribution < 1.29 is 14.3 Å². The zero-order valence-corrected chi connectivity index (χ0v) is 7.75. The minimum atomic E-state index is -2.34. The van der Waals surface area contributed by atoms with Gasteiger partial charge in [0.2, 0.25) is 5.67 Å². The number of halogens is 2. The summed E-state index contributed by atoms with van der Waals surface area (Å²) in [5.74, 6) is -1.50. The van der Waals surface area contributed by atoms with E-state index in [4.69, 9.17) is 16.7 Å². The molecule has 0 amide bonds. The molecule has 0 aliphatic rings. The van der Waals surface area contributed by atoms with Crippen molar-refractivity contribution >= 4 is 28.9 Å². The molecule has 0 bridgehead atoms. The second-order valence-electron chi connectivity index (χ2n) is 2.41. The third-order valence-corrected chi connectivity index (χ3v) is 2.87. The van der Waals surface area contributed by atoms with Crippen LogP contribution in [0.2, 0.25) is 4.34 Å². The lowest BCUT2D eigenvalue weighted by Gasteiger charge is -2.11. The lowest BCUT2D eigenvalue weighted by atomic mass is 10.1. The number of rotatable bonds is 2. The molecule has 0 aliphatic heterocycles. The fraction of sp³-hybridized carbons (Fsp3) is 0.286. The summed E-state index contributed by atoms with van der Waals surface area (Å²) in [4.78, 5) is 10.5. The maximum atomic E-state index is 13.3. The van der Waals surface area contributed by atoms with Gasteiger partial charge in [0, 0.05) is 0 Å². The van der Waals surface area contributed by atoms with Gasteiger partial charge < -0.3 is 5.11 Å². The third-order valence-electron chi connectivity index (χ3n) is 1.44. The molecule has 0 radical (unpaired) electrons. The summed E-state index contributed by atoms with van der Waals surface area (Å²) in [5, 5.41) is 8.49. The number of aliphatic carboxylic acids is 1. The Morgan fingerprint density at radius 1 is 1.75 bits per heavy atom. The van der Waals surface area contributed by atoms with Gasteiger partial charge >= 0.3 is 5.97 Å². The molecule has 0 saturated carbocycles. The highest BCUT2D eigenvalue weighted by Gasteiger charge is 2.36. The normalized spacial score (nSPS) is 15.6. The van der Waals surface area contributed by atoms with Gasteiger partial charge in [0.05, 0.1) is 9.21 Å². The van der Waals surface area contributed by atoms with Gasteiger partial charge in [-0.25, -0.2) is 9.18 Å². The number of thiophene rings is 1. The first-order valence-corrected chi connectivity index (χ1v) is 4.32. The maximum absolute atomic E-state index is 13.3. The van der Waals surface area contributed by atoms with E-state index in [9.17, 15) is 9.18 Å². The van der Waals surface area contributed by atoms with Crippen molar-refractivity contribution in [2.24, 2.45) is 0 Å². The van der Waals surface area contributed by atoms with Crippen LogP contribution in [0, 0.1) is 0 Å². The Morgan fingerprint density at radius 3 is 2.67 bits per heavy atom. The van der Waals surface area contributed by atoms with Crippen LogP contribution in [0.4, 0.5) is 4.39 Å². The van der Waals surface area contributed by atoms with Gasteiger partial charge in [0.1, 0.15) is 0 Å². The van der Waals surface area contributed by atoms with Crippen LogP contribution in [0.5, 0.6) is 0 Å². The van der Waals surface area contributed by atoms with Gasteiger partial charge in [0.15, 0.2) is 0 Å².